The van der Waals surface area contributed by atoms with E-state index < -0.39 is 5.91 Å². The van der Waals surface area contributed by atoms with Gasteiger partial charge in [0.1, 0.15) is 5.75 Å². The van der Waals surface area contributed by atoms with Gasteiger partial charge in [-0.2, -0.15) is 0 Å². The zero-order valence-electron chi connectivity index (χ0n) is 13.0. The van der Waals surface area contributed by atoms with E-state index in [1.165, 1.54) is 19.2 Å². The van der Waals surface area contributed by atoms with E-state index in [0.29, 0.717) is 32.1 Å². The van der Waals surface area contributed by atoms with Crippen molar-refractivity contribution < 1.29 is 9.53 Å². The van der Waals surface area contributed by atoms with Gasteiger partial charge < -0.3 is 10.1 Å². The summed E-state index contributed by atoms with van der Waals surface area (Å²) < 4.78 is 6.05. The summed E-state index contributed by atoms with van der Waals surface area (Å²) in [5.74, 6) is 0.0472. The summed E-state index contributed by atoms with van der Waals surface area (Å²) in [6, 6.07) is 6.50. The molecule has 2 N–H and O–H groups in total. The highest BCUT2D eigenvalue weighted by atomic mass is 79.9. The molecule has 0 saturated carbocycles. The highest BCUT2D eigenvalue weighted by Crippen LogP contribution is 2.32. The van der Waals surface area contributed by atoms with Gasteiger partial charge in [-0.1, -0.05) is 50.7 Å². The molecule has 2 aromatic rings. The van der Waals surface area contributed by atoms with Crippen LogP contribution in [0.5, 0.6) is 5.75 Å². The molecule has 1 amide bonds. The summed E-state index contributed by atoms with van der Waals surface area (Å²) in [4.78, 5) is 12.5. The molecule has 0 aliphatic heterocycles. The minimum Gasteiger partial charge on any atom is -0.496 e. The lowest BCUT2D eigenvalue weighted by molar-refractivity contribution is 0.0974. The van der Waals surface area contributed by atoms with E-state index in [-0.39, 0.29) is 5.11 Å². The third-order valence-corrected chi connectivity index (χ3v) is 4.87. The van der Waals surface area contributed by atoms with Gasteiger partial charge in [-0.25, -0.2) is 0 Å². The maximum atomic E-state index is 12.5. The smallest absolute Gasteiger partial charge is 0.261 e. The molecule has 4 nitrogen and oxygen atoms in total. The van der Waals surface area contributed by atoms with E-state index in [1.54, 1.807) is 6.07 Å². The summed E-state index contributed by atoms with van der Waals surface area (Å²) in [7, 11) is 1.50. The SMILES string of the molecule is COc1c(C)cc(Br)cc1C(=O)NC(=S)Nc1cc(Cl)c(Cl)cc1Cl. The Bertz CT molecular complexity index is 862. The molecule has 0 saturated heterocycles. The zero-order chi connectivity index (χ0) is 18.7. The van der Waals surface area contributed by atoms with Crippen LogP contribution in [0.4, 0.5) is 5.69 Å². The van der Waals surface area contributed by atoms with E-state index >= 15 is 0 Å². The number of hydrogen-bond acceptors (Lipinski definition) is 3. The Balaban J connectivity index is 2.19. The molecule has 132 valence electrons. The van der Waals surface area contributed by atoms with Gasteiger partial charge in [0.05, 0.1) is 33.4 Å². The lowest BCUT2D eigenvalue weighted by atomic mass is 10.1. The monoisotopic (exact) mass is 480 g/mol. The first-order valence-electron chi connectivity index (χ1n) is 6.84. The third-order valence-electron chi connectivity index (χ3n) is 3.17. The number of carbonyl (C=O) groups excluding carboxylic acids is 1. The fourth-order valence-electron chi connectivity index (χ4n) is 2.11. The first-order valence-corrected chi connectivity index (χ1v) is 9.17. The molecular weight excluding hydrogens is 471 g/mol. The van der Waals surface area contributed by atoms with Gasteiger partial charge in [0.2, 0.25) is 0 Å². The van der Waals surface area contributed by atoms with Crippen LogP contribution in [-0.2, 0) is 0 Å². The minimum absolute atomic E-state index is 0.0602. The number of benzene rings is 2. The highest BCUT2D eigenvalue weighted by Gasteiger charge is 2.17. The predicted octanol–water partition coefficient (Wildman–Crippen LogP) is 5.85. The lowest BCUT2D eigenvalue weighted by Crippen LogP contribution is -2.34. The van der Waals surface area contributed by atoms with Crippen LogP contribution in [0.1, 0.15) is 15.9 Å². The van der Waals surface area contributed by atoms with Crippen LogP contribution >= 0.6 is 63.0 Å². The van der Waals surface area contributed by atoms with Crippen molar-refractivity contribution in [1.29, 1.82) is 0 Å². The standard InChI is InChI=1S/C16H12BrCl3N2O2S/c1-7-3-8(17)4-9(14(7)24-2)15(23)22-16(25)21-13-6-11(19)10(18)5-12(13)20/h3-6H,1-2H3,(H2,21,22,23,25). The number of nitrogens with one attached hydrogen (secondary N) is 2. The summed E-state index contributed by atoms with van der Waals surface area (Å²) >= 11 is 26.5. The van der Waals surface area contributed by atoms with Crippen molar-refractivity contribution in [2.45, 2.75) is 6.92 Å². The fourth-order valence-corrected chi connectivity index (χ4v) is 3.48. The second-order valence-corrected chi connectivity index (χ2v) is 7.50. The van der Waals surface area contributed by atoms with Crippen molar-refractivity contribution in [2.75, 3.05) is 12.4 Å². The third kappa shape index (κ3) is 4.99. The van der Waals surface area contributed by atoms with Gasteiger partial charge in [0.15, 0.2) is 5.11 Å². The topological polar surface area (TPSA) is 50.4 Å². The second kappa shape index (κ2) is 8.56. The molecular formula is C16H12BrCl3N2O2S. The first kappa shape index (κ1) is 20.3. The molecule has 25 heavy (non-hydrogen) atoms. The quantitative estimate of drug-likeness (QED) is 0.425. The molecule has 0 radical (unpaired) electrons. The van der Waals surface area contributed by atoms with Crippen LogP contribution in [-0.4, -0.2) is 18.1 Å². The molecule has 0 unspecified atom stereocenters. The zero-order valence-corrected chi connectivity index (χ0v) is 17.7. The largest absolute Gasteiger partial charge is 0.496 e. The van der Waals surface area contributed by atoms with E-state index in [9.17, 15) is 4.79 Å². The average Bonchev–Trinajstić information content (AvgIpc) is 2.51. The number of ether oxygens (including phenoxy) is 1. The number of amides is 1. The maximum absolute atomic E-state index is 12.5. The molecule has 2 rings (SSSR count). The number of anilines is 1. The summed E-state index contributed by atoms with van der Waals surface area (Å²) in [5.41, 5.74) is 1.59. The average molecular weight is 483 g/mol. The second-order valence-electron chi connectivity index (χ2n) is 4.96. The van der Waals surface area contributed by atoms with Crippen molar-refractivity contribution in [3.63, 3.8) is 0 Å². The molecule has 0 aliphatic carbocycles. The molecule has 0 bridgehead atoms. The predicted molar refractivity (Wildman–Crippen MR) is 111 cm³/mol. The molecule has 2 aromatic carbocycles. The van der Waals surface area contributed by atoms with Gasteiger partial charge in [0, 0.05) is 4.47 Å². The molecule has 0 fully saturated rings. The Hall–Kier alpha value is -1.05. The maximum Gasteiger partial charge on any atom is 0.261 e. The van der Waals surface area contributed by atoms with Crippen molar-refractivity contribution in [3.8, 4) is 5.75 Å². The molecule has 0 spiro atoms. The van der Waals surface area contributed by atoms with Crippen molar-refractivity contribution in [1.82, 2.24) is 5.32 Å². The molecule has 9 heteroatoms. The highest BCUT2D eigenvalue weighted by molar-refractivity contribution is 9.10. The van der Waals surface area contributed by atoms with Crippen molar-refractivity contribution in [3.05, 3.63) is 54.9 Å². The summed E-state index contributed by atoms with van der Waals surface area (Å²) in [6.07, 6.45) is 0. The van der Waals surface area contributed by atoms with Gasteiger partial charge in [0.25, 0.3) is 5.91 Å². The Labute approximate surface area is 173 Å². The first-order chi connectivity index (χ1) is 11.7. The van der Waals surface area contributed by atoms with Crippen LogP contribution in [0.2, 0.25) is 15.1 Å². The van der Waals surface area contributed by atoms with Crippen LogP contribution in [0, 0.1) is 6.92 Å². The summed E-state index contributed by atoms with van der Waals surface area (Å²) in [6.45, 7) is 1.84. The minimum atomic E-state index is -0.421. The number of rotatable bonds is 3. The molecule has 0 heterocycles. The van der Waals surface area contributed by atoms with Gasteiger partial charge in [-0.05, 0) is 49.0 Å². The Morgan fingerprint density at radius 2 is 1.76 bits per heavy atom. The number of hydrogen-bond donors (Lipinski definition) is 2. The van der Waals surface area contributed by atoms with Gasteiger partial charge in [-0.15, -0.1) is 0 Å². The van der Waals surface area contributed by atoms with Crippen LogP contribution in [0.3, 0.4) is 0 Å². The summed E-state index contributed by atoms with van der Waals surface area (Å²) in [5, 5.41) is 6.41. The van der Waals surface area contributed by atoms with Gasteiger partial charge in [-0.3, -0.25) is 10.1 Å². The number of thiocarbonyl (C=S) groups is 1. The normalized spacial score (nSPS) is 10.3. The number of aryl methyl sites for hydroxylation is 1. The van der Waals surface area contributed by atoms with E-state index in [1.807, 2.05) is 13.0 Å². The van der Waals surface area contributed by atoms with Crippen LogP contribution in [0.15, 0.2) is 28.7 Å². The van der Waals surface area contributed by atoms with Crippen molar-refractivity contribution >= 4 is 79.7 Å². The molecule has 0 aromatic heterocycles. The van der Waals surface area contributed by atoms with E-state index in [2.05, 4.69) is 26.6 Å². The van der Waals surface area contributed by atoms with Crippen LogP contribution < -0.4 is 15.4 Å². The number of carbonyl (C=O) groups is 1. The van der Waals surface area contributed by atoms with E-state index in [4.69, 9.17) is 51.8 Å². The fraction of sp³-hybridized carbons (Fsp3) is 0.125. The Kier molecular flexibility index (Phi) is 6.93. The van der Waals surface area contributed by atoms with Gasteiger partial charge >= 0.3 is 0 Å². The lowest BCUT2D eigenvalue weighted by Gasteiger charge is -2.14. The van der Waals surface area contributed by atoms with Crippen molar-refractivity contribution in [2.24, 2.45) is 0 Å². The molecule has 0 atom stereocenters. The number of methoxy groups -OCH3 is 1. The Morgan fingerprint density at radius 1 is 1.12 bits per heavy atom. The van der Waals surface area contributed by atoms with E-state index in [0.717, 1.165) is 10.0 Å². The molecule has 0 aliphatic rings. The number of halogens is 4. The Morgan fingerprint density at radius 3 is 2.40 bits per heavy atom. The van der Waals surface area contributed by atoms with Crippen LogP contribution in [0.25, 0.3) is 0 Å².